The van der Waals surface area contributed by atoms with Crippen molar-refractivity contribution in [2.75, 3.05) is 18.2 Å². The molecular weight excluding hydrogens is 439 g/mol. The number of aromatic nitrogens is 6. The summed E-state index contributed by atoms with van der Waals surface area (Å²) in [5, 5.41) is 11.1. The third kappa shape index (κ3) is 3.90. The molecule has 3 N–H and O–H groups in total. The van der Waals surface area contributed by atoms with Crippen LogP contribution in [-0.4, -0.2) is 42.4 Å². The Morgan fingerprint density at radius 1 is 1.15 bits per heavy atom. The molecule has 0 unspecified atom stereocenters. The van der Waals surface area contributed by atoms with Gasteiger partial charge in [0.2, 0.25) is 5.88 Å². The number of halogens is 1. The van der Waals surface area contributed by atoms with Gasteiger partial charge < -0.3 is 15.8 Å². The number of methoxy groups -OCH3 is 1. The van der Waals surface area contributed by atoms with E-state index >= 15 is 0 Å². The number of anilines is 2. The quantitative estimate of drug-likeness (QED) is 0.401. The van der Waals surface area contributed by atoms with E-state index in [9.17, 15) is 9.18 Å². The number of ether oxygens (including phenoxy) is 1. The second-order valence-corrected chi connectivity index (χ2v) is 7.43. The Balaban J connectivity index is 1.44. The van der Waals surface area contributed by atoms with Crippen LogP contribution in [0.3, 0.4) is 0 Å². The van der Waals surface area contributed by atoms with Crippen LogP contribution in [0.25, 0.3) is 16.8 Å². The largest absolute Gasteiger partial charge is 0.480 e. The fourth-order valence-electron chi connectivity index (χ4n) is 3.63. The van der Waals surface area contributed by atoms with Crippen LogP contribution >= 0.6 is 0 Å². The summed E-state index contributed by atoms with van der Waals surface area (Å²) in [6.45, 7) is 0.558. The van der Waals surface area contributed by atoms with Crippen molar-refractivity contribution in [1.82, 2.24) is 29.4 Å². The average Bonchev–Trinajstić information content (AvgIpc) is 3.43. The van der Waals surface area contributed by atoms with Crippen LogP contribution in [0.1, 0.15) is 15.9 Å². The van der Waals surface area contributed by atoms with E-state index in [4.69, 9.17) is 10.5 Å². The van der Waals surface area contributed by atoms with Crippen LogP contribution in [0.5, 0.6) is 5.88 Å². The molecule has 10 nitrogen and oxygen atoms in total. The van der Waals surface area contributed by atoms with Gasteiger partial charge in [0.05, 0.1) is 25.5 Å². The summed E-state index contributed by atoms with van der Waals surface area (Å²) in [6.07, 6.45) is 5.89. The Labute approximate surface area is 192 Å². The molecule has 0 saturated heterocycles. The van der Waals surface area contributed by atoms with Gasteiger partial charge in [-0.15, -0.1) is 0 Å². The van der Waals surface area contributed by atoms with Gasteiger partial charge in [0.15, 0.2) is 11.6 Å². The first kappa shape index (κ1) is 21.1. The van der Waals surface area contributed by atoms with Gasteiger partial charge in [0, 0.05) is 24.0 Å². The number of amides is 1. The van der Waals surface area contributed by atoms with E-state index in [2.05, 4.69) is 25.5 Å². The minimum Gasteiger partial charge on any atom is -0.480 e. The molecule has 11 heteroatoms. The molecule has 1 amide bonds. The van der Waals surface area contributed by atoms with Crippen LogP contribution in [0.4, 0.5) is 15.9 Å². The van der Waals surface area contributed by atoms with Gasteiger partial charge in [0.25, 0.3) is 5.91 Å². The maximum absolute atomic E-state index is 14.8. The molecule has 4 aromatic heterocycles. The van der Waals surface area contributed by atoms with Crippen molar-refractivity contribution in [2.24, 2.45) is 0 Å². The minimum absolute atomic E-state index is 0.0911. The van der Waals surface area contributed by atoms with Gasteiger partial charge in [-0.25, -0.2) is 18.9 Å². The van der Waals surface area contributed by atoms with Crippen molar-refractivity contribution in [2.45, 2.75) is 6.54 Å². The van der Waals surface area contributed by atoms with Gasteiger partial charge in [-0.2, -0.15) is 10.2 Å². The molecule has 5 aromatic rings. The first-order valence-electron chi connectivity index (χ1n) is 10.2. The number of hydrogen-bond donors (Lipinski definition) is 2. The maximum atomic E-state index is 14.8. The number of nitrogens with one attached hydrogen (secondary N) is 1. The summed E-state index contributed by atoms with van der Waals surface area (Å²) >= 11 is 0. The molecule has 0 aliphatic carbocycles. The standard InChI is InChI=1S/C23H19FN8O2/c1-34-23-17(22(33)30-16-10-28-31(12-16)11-14-5-3-2-4-6-14)7-15(9-26-23)20-18(24)8-19-21(25)27-13-29-32(19)20/h2-10,12-13H,11H2,1H3,(H,30,33)(H2,25,27,29). The SMILES string of the molecule is COc1ncc(-c2c(F)cc3c(N)ncnn23)cc1C(=O)Nc1cnn(Cc2ccccc2)c1. The van der Waals surface area contributed by atoms with Crippen molar-refractivity contribution in [3.8, 4) is 17.1 Å². The van der Waals surface area contributed by atoms with Gasteiger partial charge in [-0.05, 0) is 11.6 Å². The molecule has 0 atom stereocenters. The number of hydrogen-bond acceptors (Lipinski definition) is 7. The third-order valence-corrected chi connectivity index (χ3v) is 5.20. The monoisotopic (exact) mass is 458 g/mol. The second-order valence-electron chi connectivity index (χ2n) is 7.43. The molecule has 0 aliphatic rings. The Hall–Kier alpha value is -4.80. The van der Waals surface area contributed by atoms with Crippen LogP contribution in [0.15, 0.2) is 67.4 Å². The third-order valence-electron chi connectivity index (χ3n) is 5.20. The topological polar surface area (TPSA) is 125 Å². The van der Waals surface area contributed by atoms with Gasteiger partial charge in [0.1, 0.15) is 23.1 Å². The number of nitrogens with zero attached hydrogens (tertiary/aromatic N) is 6. The number of nitrogens with two attached hydrogens (primary N) is 1. The number of rotatable bonds is 6. The van der Waals surface area contributed by atoms with E-state index in [1.54, 1.807) is 17.1 Å². The van der Waals surface area contributed by atoms with Gasteiger partial charge in [-0.1, -0.05) is 30.3 Å². The normalized spacial score (nSPS) is 11.0. The molecular formula is C23H19FN8O2. The second kappa shape index (κ2) is 8.62. The zero-order valence-corrected chi connectivity index (χ0v) is 18.0. The fraction of sp³-hybridized carbons (Fsp3) is 0.0870. The van der Waals surface area contributed by atoms with Crippen molar-refractivity contribution in [3.05, 3.63) is 84.3 Å². The maximum Gasteiger partial charge on any atom is 0.261 e. The van der Waals surface area contributed by atoms with Crippen molar-refractivity contribution in [3.63, 3.8) is 0 Å². The molecule has 0 saturated carbocycles. The van der Waals surface area contributed by atoms with Crippen LogP contribution in [0.2, 0.25) is 0 Å². The lowest BCUT2D eigenvalue weighted by molar-refractivity contribution is 0.102. The number of nitrogen functional groups attached to an aromatic ring is 1. The lowest BCUT2D eigenvalue weighted by Gasteiger charge is -2.10. The highest BCUT2D eigenvalue weighted by atomic mass is 19.1. The Bertz CT molecular complexity index is 1500. The fourth-order valence-corrected chi connectivity index (χ4v) is 3.63. The van der Waals surface area contributed by atoms with Crippen LogP contribution in [-0.2, 0) is 6.54 Å². The first-order valence-corrected chi connectivity index (χ1v) is 10.2. The summed E-state index contributed by atoms with van der Waals surface area (Å²) in [5.74, 6) is -0.839. The molecule has 0 aliphatic heterocycles. The summed E-state index contributed by atoms with van der Waals surface area (Å²) in [5.41, 5.74) is 8.25. The van der Waals surface area contributed by atoms with E-state index in [0.29, 0.717) is 23.3 Å². The number of pyridine rings is 1. The lowest BCUT2D eigenvalue weighted by Crippen LogP contribution is -2.14. The Morgan fingerprint density at radius 2 is 1.97 bits per heavy atom. The summed E-state index contributed by atoms with van der Waals surface area (Å²) in [4.78, 5) is 21.1. The molecule has 34 heavy (non-hydrogen) atoms. The van der Waals surface area contributed by atoms with E-state index in [0.717, 1.165) is 5.56 Å². The van der Waals surface area contributed by atoms with E-state index in [-0.39, 0.29) is 23.0 Å². The predicted octanol–water partition coefficient (Wildman–Crippen LogP) is 3.02. The predicted molar refractivity (Wildman–Crippen MR) is 123 cm³/mol. The minimum atomic E-state index is -0.576. The zero-order chi connectivity index (χ0) is 23.7. The molecule has 0 bridgehead atoms. The van der Waals surface area contributed by atoms with E-state index in [1.165, 1.54) is 36.3 Å². The van der Waals surface area contributed by atoms with Crippen LogP contribution < -0.4 is 15.8 Å². The molecule has 0 fully saturated rings. The molecule has 1 aromatic carbocycles. The zero-order valence-electron chi connectivity index (χ0n) is 18.0. The molecule has 0 radical (unpaired) electrons. The molecule has 5 rings (SSSR count). The Kier molecular flexibility index (Phi) is 5.34. The molecule has 0 spiro atoms. The van der Waals surface area contributed by atoms with Crippen molar-refractivity contribution < 1.29 is 13.9 Å². The molecule has 4 heterocycles. The highest BCUT2D eigenvalue weighted by Gasteiger charge is 2.21. The summed E-state index contributed by atoms with van der Waals surface area (Å²) in [6, 6.07) is 12.5. The average molecular weight is 458 g/mol. The molecule has 170 valence electrons. The van der Waals surface area contributed by atoms with E-state index in [1.807, 2.05) is 30.3 Å². The highest BCUT2D eigenvalue weighted by molar-refractivity contribution is 6.06. The number of carbonyl (C=O) groups is 1. The number of fused-ring (bicyclic) bond motifs is 1. The van der Waals surface area contributed by atoms with Crippen molar-refractivity contribution in [1.29, 1.82) is 0 Å². The van der Waals surface area contributed by atoms with Crippen molar-refractivity contribution >= 4 is 22.9 Å². The smallest absolute Gasteiger partial charge is 0.261 e. The van der Waals surface area contributed by atoms with Crippen LogP contribution in [0, 0.1) is 5.82 Å². The number of benzene rings is 1. The summed E-state index contributed by atoms with van der Waals surface area (Å²) in [7, 11) is 1.40. The Morgan fingerprint density at radius 3 is 2.76 bits per heavy atom. The van der Waals surface area contributed by atoms with Gasteiger partial charge >= 0.3 is 0 Å². The lowest BCUT2D eigenvalue weighted by atomic mass is 10.1. The summed E-state index contributed by atoms with van der Waals surface area (Å²) < 4.78 is 23.1. The van der Waals surface area contributed by atoms with Gasteiger partial charge in [-0.3, -0.25) is 9.48 Å². The number of carbonyl (C=O) groups excluding carboxylic acids is 1. The first-order chi connectivity index (χ1) is 16.5. The highest BCUT2D eigenvalue weighted by Crippen LogP contribution is 2.30. The van der Waals surface area contributed by atoms with E-state index < -0.39 is 11.7 Å².